The van der Waals surface area contributed by atoms with Crippen molar-refractivity contribution in [3.8, 4) is 0 Å². The predicted molar refractivity (Wildman–Crippen MR) is 87.3 cm³/mol. The molecule has 0 amide bonds. The Balaban J connectivity index is 1.72. The van der Waals surface area contributed by atoms with E-state index in [0.717, 1.165) is 43.1 Å². The van der Waals surface area contributed by atoms with Crippen molar-refractivity contribution >= 4 is 5.78 Å². The molecule has 0 bridgehead atoms. The van der Waals surface area contributed by atoms with Gasteiger partial charge >= 0.3 is 0 Å². The highest BCUT2D eigenvalue weighted by molar-refractivity contribution is 5.96. The van der Waals surface area contributed by atoms with E-state index in [1.165, 1.54) is 31.3 Å². The summed E-state index contributed by atoms with van der Waals surface area (Å²) in [5.74, 6) is 2.61. The molecule has 0 spiro atoms. The van der Waals surface area contributed by atoms with Crippen molar-refractivity contribution in [2.24, 2.45) is 28.6 Å². The minimum atomic E-state index is -0.0853. The summed E-state index contributed by atoms with van der Waals surface area (Å²) < 4.78 is 0. The lowest BCUT2D eigenvalue weighted by Gasteiger charge is -2.58. The van der Waals surface area contributed by atoms with Gasteiger partial charge in [0.15, 0.2) is 5.78 Å². The SMILES string of the molecule is CC1=C2CC[C@H]3[C@@H]4CC[C@@H](O)[C@@]4(C)CC[C@@H]3[C@@]2(C)CCC1=O. The summed E-state index contributed by atoms with van der Waals surface area (Å²) in [6.45, 7) is 6.86. The van der Waals surface area contributed by atoms with Gasteiger partial charge in [-0.15, -0.1) is 0 Å². The van der Waals surface area contributed by atoms with E-state index in [1.807, 2.05) is 0 Å². The first-order valence-corrected chi connectivity index (χ1v) is 9.29. The number of Topliss-reactive ketones (excluding diaryl/α,β-unsaturated/α-hetero) is 1. The molecule has 122 valence electrons. The van der Waals surface area contributed by atoms with Gasteiger partial charge in [-0.1, -0.05) is 19.4 Å². The van der Waals surface area contributed by atoms with Gasteiger partial charge in [-0.25, -0.2) is 0 Å². The van der Waals surface area contributed by atoms with Gasteiger partial charge in [-0.3, -0.25) is 4.79 Å². The van der Waals surface area contributed by atoms with Gasteiger partial charge in [0.25, 0.3) is 0 Å². The highest BCUT2D eigenvalue weighted by atomic mass is 16.3. The summed E-state index contributed by atoms with van der Waals surface area (Å²) in [5, 5.41) is 10.5. The zero-order valence-electron chi connectivity index (χ0n) is 14.3. The highest BCUT2D eigenvalue weighted by Crippen LogP contribution is 2.65. The molecule has 0 aromatic carbocycles. The van der Waals surface area contributed by atoms with Crippen LogP contribution in [0.3, 0.4) is 0 Å². The van der Waals surface area contributed by atoms with Gasteiger partial charge in [0.2, 0.25) is 0 Å². The van der Waals surface area contributed by atoms with Crippen molar-refractivity contribution < 1.29 is 9.90 Å². The average molecular weight is 302 g/mol. The van der Waals surface area contributed by atoms with E-state index in [4.69, 9.17) is 0 Å². The summed E-state index contributed by atoms with van der Waals surface area (Å²) >= 11 is 0. The molecule has 4 aliphatic carbocycles. The number of fused-ring (bicyclic) bond motifs is 5. The van der Waals surface area contributed by atoms with Crippen molar-refractivity contribution in [1.82, 2.24) is 0 Å². The maximum absolute atomic E-state index is 12.1. The molecule has 2 nitrogen and oxygen atoms in total. The first-order valence-electron chi connectivity index (χ1n) is 9.29. The topological polar surface area (TPSA) is 37.3 Å². The summed E-state index contributed by atoms with van der Waals surface area (Å²) in [7, 11) is 0. The Labute approximate surface area is 134 Å². The maximum atomic E-state index is 12.1. The molecule has 0 unspecified atom stereocenters. The first kappa shape index (κ1) is 14.9. The van der Waals surface area contributed by atoms with Crippen LogP contribution in [-0.2, 0) is 4.79 Å². The van der Waals surface area contributed by atoms with Crippen LogP contribution in [0.4, 0.5) is 0 Å². The van der Waals surface area contributed by atoms with Crippen LogP contribution in [0.2, 0.25) is 0 Å². The van der Waals surface area contributed by atoms with Gasteiger partial charge in [0.05, 0.1) is 6.10 Å². The van der Waals surface area contributed by atoms with Crippen LogP contribution < -0.4 is 0 Å². The Morgan fingerprint density at radius 2 is 1.77 bits per heavy atom. The number of aliphatic hydroxyl groups excluding tert-OH is 1. The second kappa shape index (κ2) is 4.69. The van der Waals surface area contributed by atoms with E-state index in [0.29, 0.717) is 11.7 Å². The Morgan fingerprint density at radius 1 is 1.00 bits per heavy atom. The number of allylic oxidation sites excluding steroid dienone is 1. The molecule has 0 aromatic rings. The van der Waals surface area contributed by atoms with Crippen LogP contribution in [-0.4, -0.2) is 17.0 Å². The molecular formula is C20H30O2. The van der Waals surface area contributed by atoms with E-state index < -0.39 is 0 Å². The molecule has 22 heavy (non-hydrogen) atoms. The van der Waals surface area contributed by atoms with Gasteiger partial charge in [0.1, 0.15) is 0 Å². The number of aliphatic hydroxyl groups is 1. The van der Waals surface area contributed by atoms with Crippen LogP contribution in [0.15, 0.2) is 11.1 Å². The third kappa shape index (κ3) is 1.74. The first-order chi connectivity index (χ1) is 10.4. The Morgan fingerprint density at radius 3 is 2.55 bits per heavy atom. The van der Waals surface area contributed by atoms with Crippen molar-refractivity contribution in [1.29, 1.82) is 0 Å². The van der Waals surface area contributed by atoms with Gasteiger partial charge < -0.3 is 5.11 Å². The lowest BCUT2D eigenvalue weighted by molar-refractivity contribution is -0.119. The Kier molecular flexibility index (Phi) is 3.18. The zero-order valence-corrected chi connectivity index (χ0v) is 14.3. The molecule has 4 aliphatic rings. The molecule has 0 aromatic heterocycles. The number of ketones is 1. The van der Waals surface area contributed by atoms with E-state index in [1.54, 1.807) is 0 Å². The fraction of sp³-hybridized carbons (Fsp3) is 0.850. The lowest BCUT2D eigenvalue weighted by Crippen LogP contribution is -2.51. The van der Waals surface area contributed by atoms with E-state index in [9.17, 15) is 9.90 Å². The number of carbonyl (C=O) groups is 1. The van der Waals surface area contributed by atoms with E-state index >= 15 is 0 Å². The molecule has 6 atom stereocenters. The van der Waals surface area contributed by atoms with Crippen LogP contribution in [0, 0.1) is 28.6 Å². The fourth-order valence-corrected chi connectivity index (χ4v) is 6.96. The smallest absolute Gasteiger partial charge is 0.158 e. The van der Waals surface area contributed by atoms with Crippen LogP contribution in [0.25, 0.3) is 0 Å². The van der Waals surface area contributed by atoms with Crippen molar-refractivity contribution in [3.63, 3.8) is 0 Å². The minimum Gasteiger partial charge on any atom is -0.393 e. The molecule has 4 rings (SSSR count). The van der Waals surface area contributed by atoms with E-state index in [-0.39, 0.29) is 16.9 Å². The summed E-state index contributed by atoms with van der Waals surface area (Å²) in [5.41, 5.74) is 3.01. The standard InChI is InChI=1S/C20H30O2/c1-12-14-5-4-13-15-6-7-18(22)20(15,3)10-8-16(13)19(14,2)11-9-17(12)21/h13,15-16,18,22H,4-11H2,1-3H3/t13-,15-,16-,18+,19-,20-/m0/s1. The largest absolute Gasteiger partial charge is 0.393 e. The third-order valence-corrected chi connectivity index (χ3v) is 8.36. The lowest BCUT2D eigenvalue weighted by atomic mass is 9.47. The summed E-state index contributed by atoms with van der Waals surface area (Å²) in [6.07, 6.45) is 8.73. The van der Waals surface area contributed by atoms with Gasteiger partial charge in [-0.05, 0) is 86.0 Å². The molecular weight excluding hydrogens is 272 g/mol. The fourth-order valence-electron chi connectivity index (χ4n) is 6.96. The predicted octanol–water partition coefficient (Wildman–Crippen LogP) is 4.27. The van der Waals surface area contributed by atoms with Gasteiger partial charge in [0, 0.05) is 6.42 Å². The van der Waals surface area contributed by atoms with Gasteiger partial charge in [-0.2, -0.15) is 0 Å². The molecule has 0 heterocycles. The molecule has 0 saturated heterocycles. The van der Waals surface area contributed by atoms with Crippen LogP contribution in [0.5, 0.6) is 0 Å². The van der Waals surface area contributed by atoms with Crippen molar-refractivity contribution in [2.45, 2.75) is 78.2 Å². The third-order valence-electron chi connectivity index (χ3n) is 8.36. The van der Waals surface area contributed by atoms with Crippen molar-refractivity contribution in [2.75, 3.05) is 0 Å². The summed E-state index contributed by atoms with van der Waals surface area (Å²) in [4.78, 5) is 12.1. The number of carbonyl (C=O) groups excluding carboxylic acids is 1. The minimum absolute atomic E-state index is 0.0853. The average Bonchev–Trinajstić information content (AvgIpc) is 2.79. The quantitative estimate of drug-likeness (QED) is 0.725. The molecule has 0 radical (unpaired) electrons. The highest BCUT2D eigenvalue weighted by Gasteiger charge is 2.59. The maximum Gasteiger partial charge on any atom is 0.158 e. The number of rotatable bonds is 0. The monoisotopic (exact) mass is 302 g/mol. The molecule has 3 fully saturated rings. The zero-order chi connectivity index (χ0) is 15.7. The normalized spacial score (nSPS) is 51.4. The van der Waals surface area contributed by atoms with Crippen LogP contribution in [0.1, 0.15) is 72.1 Å². The van der Waals surface area contributed by atoms with Crippen LogP contribution >= 0.6 is 0 Å². The Bertz CT molecular complexity index is 548. The number of hydrogen-bond donors (Lipinski definition) is 1. The molecule has 2 heteroatoms. The molecule has 3 saturated carbocycles. The Hall–Kier alpha value is -0.630. The second-order valence-corrected chi connectivity index (χ2v) is 9.00. The molecule has 1 N–H and O–H groups in total. The second-order valence-electron chi connectivity index (χ2n) is 9.00. The number of hydrogen-bond acceptors (Lipinski definition) is 2. The summed E-state index contributed by atoms with van der Waals surface area (Å²) in [6, 6.07) is 0. The van der Waals surface area contributed by atoms with E-state index in [2.05, 4.69) is 20.8 Å². The molecule has 0 aliphatic heterocycles. The van der Waals surface area contributed by atoms with Crippen molar-refractivity contribution in [3.05, 3.63) is 11.1 Å².